The van der Waals surface area contributed by atoms with E-state index in [0.717, 1.165) is 23.0 Å². The Morgan fingerprint density at radius 2 is 2.17 bits per heavy atom. The fourth-order valence-electron chi connectivity index (χ4n) is 2.85. The number of nitrogens with one attached hydrogen (secondary N) is 1. The molecule has 2 atom stereocenters. The SMILES string of the molecule is CCC1CCCC(Nc2cc(N)cc(OC)c2)C1. The van der Waals surface area contributed by atoms with Crippen molar-refractivity contribution in [2.24, 2.45) is 5.92 Å². The number of nitrogens with two attached hydrogens (primary N) is 1. The zero-order chi connectivity index (χ0) is 13.0. The van der Waals surface area contributed by atoms with Crippen LogP contribution in [0.4, 0.5) is 11.4 Å². The molecule has 1 aliphatic rings. The largest absolute Gasteiger partial charge is 0.497 e. The van der Waals surface area contributed by atoms with E-state index in [9.17, 15) is 0 Å². The summed E-state index contributed by atoms with van der Waals surface area (Å²) in [6.45, 7) is 2.29. The second-order valence-corrected chi connectivity index (χ2v) is 5.28. The molecule has 3 N–H and O–H groups in total. The Balaban J connectivity index is 2.02. The van der Waals surface area contributed by atoms with Gasteiger partial charge in [0.1, 0.15) is 5.75 Å². The van der Waals surface area contributed by atoms with Gasteiger partial charge in [-0.1, -0.05) is 26.2 Å². The number of hydrogen-bond donors (Lipinski definition) is 2. The van der Waals surface area contributed by atoms with E-state index in [-0.39, 0.29) is 0 Å². The van der Waals surface area contributed by atoms with E-state index >= 15 is 0 Å². The monoisotopic (exact) mass is 248 g/mol. The molecule has 0 bridgehead atoms. The summed E-state index contributed by atoms with van der Waals surface area (Å²) in [6.07, 6.45) is 6.53. The lowest BCUT2D eigenvalue weighted by Crippen LogP contribution is -2.27. The number of methoxy groups -OCH3 is 1. The third kappa shape index (κ3) is 3.31. The minimum atomic E-state index is 0.579. The molecule has 2 rings (SSSR count). The van der Waals surface area contributed by atoms with Gasteiger partial charge >= 0.3 is 0 Å². The first kappa shape index (κ1) is 13.1. The first-order valence-electron chi connectivity index (χ1n) is 6.92. The van der Waals surface area contributed by atoms with E-state index in [2.05, 4.69) is 12.2 Å². The molecule has 2 unspecified atom stereocenters. The van der Waals surface area contributed by atoms with Crippen molar-refractivity contribution < 1.29 is 4.74 Å². The maximum Gasteiger partial charge on any atom is 0.122 e. The lowest BCUT2D eigenvalue weighted by molar-refractivity contribution is 0.327. The van der Waals surface area contributed by atoms with E-state index < -0.39 is 0 Å². The minimum Gasteiger partial charge on any atom is -0.497 e. The van der Waals surface area contributed by atoms with Crippen molar-refractivity contribution in [3.8, 4) is 5.75 Å². The Hall–Kier alpha value is -1.38. The van der Waals surface area contributed by atoms with Crippen molar-refractivity contribution in [1.29, 1.82) is 0 Å². The normalized spacial score (nSPS) is 23.7. The van der Waals surface area contributed by atoms with E-state index in [1.165, 1.54) is 32.1 Å². The summed E-state index contributed by atoms with van der Waals surface area (Å²) in [6, 6.07) is 6.43. The van der Waals surface area contributed by atoms with Crippen LogP contribution in [-0.2, 0) is 0 Å². The highest BCUT2D eigenvalue weighted by Crippen LogP contribution is 2.30. The molecule has 3 heteroatoms. The lowest BCUT2D eigenvalue weighted by Gasteiger charge is -2.30. The molecule has 100 valence electrons. The molecular weight excluding hydrogens is 224 g/mol. The van der Waals surface area contributed by atoms with Crippen LogP contribution in [0.2, 0.25) is 0 Å². The Labute approximate surface area is 110 Å². The second-order valence-electron chi connectivity index (χ2n) is 5.28. The highest BCUT2D eigenvalue weighted by atomic mass is 16.5. The number of benzene rings is 1. The summed E-state index contributed by atoms with van der Waals surface area (Å²) in [5.74, 6) is 1.69. The first-order chi connectivity index (χ1) is 8.71. The van der Waals surface area contributed by atoms with Gasteiger partial charge in [0.25, 0.3) is 0 Å². The third-order valence-corrected chi connectivity index (χ3v) is 3.90. The van der Waals surface area contributed by atoms with E-state index in [1.807, 2.05) is 18.2 Å². The Morgan fingerprint density at radius 3 is 2.89 bits per heavy atom. The van der Waals surface area contributed by atoms with Crippen molar-refractivity contribution in [3.63, 3.8) is 0 Å². The maximum absolute atomic E-state index is 5.87. The van der Waals surface area contributed by atoms with Crippen molar-refractivity contribution >= 4 is 11.4 Å². The van der Waals surface area contributed by atoms with Crippen LogP contribution in [0, 0.1) is 5.92 Å². The zero-order valence-electron chi connectivity index (χ0n) is 11.4. The molecular formula is C15H24N2O. The number of hydrogen-bond acceptors (Lipinski definition) is 3. The molecule has 3 nitrogen and oxygen atoms in total. The standard InChI is InChI=1S/C15H24N2O/c1-3-11-5-4-6-13(7-11)17-14-8-12(16)9-15(10-14)18-2/h8-11,13,17H,3-7,16H2,1-2H3. The summed E-state index contributed by atoms with van der Waals surface area (Å²) in [4.78, 5) is 0. The summed E-state index contributed by atoms with van der Waals surface area (Å²) in [5, 5.41) is 3.60. The van der Waals surface area contributed by atoms with Crippen LogP contribution >= 0.6 is 0 Å². The van der Waals surface area contributed by atoms with Crippen molar-refractivity contribution in [3.05, 3.63) is 18.2 Å². The molecule has 1 aromatic carbocycles. The van der Waals surface area contributed by atoms with E-state index in [0.29, 0.717) is 6.04 Å². The molecule has 1 aromatic rings. The number of ether oxygens (including phenoxy) is 1. The van der Waals surface area contributed by atoms with Gasteiger partial charge < -0.3 is 15.8 Å². The van der Waals surface area contributed by atoms with E-state index in [4.69, 9.17) is 10.5 Å². The lowest BCUT2D eigenvalue weighted by atomic mass is 9.84. The van der Waals surface area contributed by atoms with Crippen LogP contribution in [0.15, 0.2) is 18.2 Å². The van der Waals surface area contributed by atoms with Gasteiger partial charge in [0.05, 0.1) is 7.11 Å². The minimum absolute atomic E-state index is 0.579. The average Bonchev–Trinajstić information content (AvgIpc) is 2.38. The highest BCUT2D eigenvalue weighted by Gasteiger charge is 2.20. The van der Waals surface area contributed by atoms with E-state index in [1.54, 1.807) is 7.11 Å². The topological polar surface area (TPSA) is 47.3 Å². The van der Waals surface area contributed by atoms with Gasteiger partial charge in [-0.2, -0.15) is 0 Å². The van der Waals surface area contributed by atoms with Gasteiger partial charge in [-0.3, -0.25) is 0 Å². The number of nitrogen functional groups attached to an aromatic ring is 1. The molecule has 18 heavy (non-hydrogen) atoms. The van der Waals surface area contributed by atoms with Crippen LogP contribution < -0.4 is 15.8 Å². The smallest absolute Gasteiger partial charge is 0.122 e. The van der Waals surface area contributed by atoms with Gasteiger partial charge in [-0.05, 0) is 24.8 Å². The van der Waals surface area contributed by atoms with Gasteiger partial charge in [-0.25, -0.2) is 0 Å². The molecule has 1 fully saturated rings. The summed E-state index contributed by atoms with van der Waals surface area (Å²) >= 11 is 0. The predicted octanol–water partition coefficient (Wildman–Crippen LogP) is 3.66. The van der Waals surface area contributed by atoms with Crippen LogP contribution in [-0.4, -0.2) is 13.2 Å². The third-order valence-electron chi connectivity index (χ3n) is 3.90. The zero-order valence-corrected chi connectivity index (χ0v) is 11.4. The Bertz CT molecular complexity index is 392. The number of rotatable bonds is 4. The summed E-state index contributed by atoms with van der Waals surface area (Å²) in [7, 11) is 1.67. The maximum atomic E-state index is 5.87. The summed E-state index contributed by atoms with van der Waals surface area (Å²) < 4.78 is 5.25. The second kappa shape index (κ2) is 5.98. The van der Waals surface area contributed by atoms with Crippen LogP contribution in [0.1, 0.15) is 39.0 Å². The fraction of sp³-hybridized carbons (Fsp3) is 0.600. The predicted molar refractivity (Wildman–Crippen MR) is 77.1 cm³/mol. The molecule has 1 aliphatic carbocycles. The quantitative estimate of drug-likeness (QED) is 0.799. The van der Waals surface area contributed by atoms with Gasteiger partial charge in [0.15, 0.2) is 0 Å². The van der Waals surface area contributed by atoms with Crippen molar-refractivity contribution in [2.75, 3.05) is 18.2 Å². The van der Waals surface area contributed by atoms with Crippen LogP contribution in [0.25, 0.3) is 0 Å². The molecule has 0 spiro atoms. The van der Waals surface area contributed by atoms with Crippen molar-refractivity contribution in [1.82, 2.24) is 0 Å². The molecule has 0 saturated heterocycles. The van der Waals surface area contributed by atoms with Gasteiger partial charge in [-0.15, -0.1) is 0 Å². The molecule has 0 amide bonds. The molecule has 0 radical (unpaired) electrons. The fourth-order valence-corrected chi connectivity index (χ4v) is 2.85. The van der Waals surface area contributed by atoms with Gasteiger partial charge in [0.2, 0.25) is 0 Å². The molecule has 0 aromatic heterocycles. The van der Waals surface area contributed by atoms with Gasteiger partial charge in [0, 0.05) is 29.5 Å². The highest BCUT2D eigenvalue weighted by molar-refractivity contribution is 5.59. The van der Waals surface area contributed by atoms with Crippen LogP contribution in [0.5, 0.6) is 5.75 Å². The average molecular weight is 248 g/mol. The Morgan fingerprint density at radius 1 is 1.33 bits per heavy atom. The summed E-state index contributed by atoms with van der Waals surface area (Å²) in [5.41, 5.74) is 7.70. The number of anilines is 2. The Kier molecular flexibility index (Phi) is 4.34. The van der Waals surface area contributed by atoms with Crippen molar-refractivity contribution in [2.45, 2.75) is 45.1 Å². The van der Waals surface area contributed by atoms with Crippen LogP contribution in [0.3, 0.4) is 0 Å². The molecule has 0 aliphatic heterocycles. The molecule has 0 heterocycles. The first-order valence-corrected chi connectivity index (χ1v) is 6.92. The molecule has 1 saturated carbocycles.